The Kier molecular flexibility index (Phi) is 4.72. The molecule has 0 bridgehead atoms. The largest absolute Gasteiger partial charge is 0.507 e. The van der Waals surface area contributed by atoms with Gasteiger partial charge in [0.05, 0.1) is 33.7 Å². The van der Waals surface area contributed by atoms with Crippen molar-refractivity contribution in [2.45, 2.75) is 18.9 Å². The Balaban J connectivity index is 1.62. The molecule has 176 valence electrons. The lowest BCUT2D eigenvalue weighted by molar-refractivity contribution is -0.132. The van der Waals surface area contributed by atoms with Crippen LogP contribution in [0, 0.1) is 6.92 Å². The number of amides is 2. The average Bonchev–Trinajstić information content (AvgIpc) is 3.11. The molecule has 2 N–H and O–H groups in total. The number of para-hydroxylation sites is 4. The molecule has 8 nitrogen and oxygen atoms in total. The Morgan fingerprint density at radius 1 is 0.944 bits per heavy atom. The molecule has 1 atom stereocenters. The third kappa shape index (κ3) is 3.04. The van der Waals surface area contributed by atoms with Crippen molar-refractivity contribution < 1.29 is 19.5 Å². The Morgan fingerprint density at radius 2 is 1.64 bits per heavy atom. The van der Waals surface area contributed by atoms with Crippen molar-refractivity contribution in [3.63, 3.8) is 0 Å². The summed E-state index contributed by atoms with van der Waals surface area (Å²) in [5, 5.41) is 14.2. The van der Waals surface area contributed by atoms with E-state index in [0.29, 0.717) is 33.7 Å². The van der Waals surface area contributed by atoms with Gasteiger partial charge in [0.25, 0.3) is 11.7 Å². The number of aromatic nitrogens is 2. The number of aliphatic hydroxyl groups is 1. The van der Waals surface area contributed by atoms with Gasteiger partial charge in [-0.25, -0.2) is 4.98 Å². The number of hydrogen-bond donors (Lipinski definition) is 2. The predicted molar refractivity (Wildman–Crippen MR) is 134 cm³/mol. The van der Waals surface area contributed by atoms with Crippen molar-refractivity contribution in [1.29, 1.82) is 0 Å². The van der Waals surface area contributed by atoms with E-state index in [-0.39, 0.29) is 12.0 Å². The van der Waals surface area contributed by atoms with Crippen molar-refractivity contribution in [1.82, 2.24) is 9.97 Å². The number of nitrogens with zero attached hydrogens (tertiary/aromatic N) is 3. The molecule has 2 amide bonds. The van der Waals surface area contributed by atoms with Crippen LogP contribution in [0.1, 0.15) is 16.8 Å². The van der Waals surface area contributed by atoms with E-state index in [0.717, 1.165) is 5.56 Å². The van der Waals surface area contributed by atoms with E-state index >= 15 is 0 Å². The van der Waals surface area contributed by atoms with Gasteiger partial charge in [0.2, 0.25) is 0 Å². The van der Waals surface area contributed by atoms with Crippen LogP contribution in [0.3, 0.4) is 0 Å². The zero-order valence-electron chi connectivity index (χ0n) is 19.2. The van der Waals surface area contributed by atoms with Gasteiger partial charge in [-0.3, -0.25) is 24.3 Å². The fourth-order valence-corrected chi connectivity index (χ4v) is 4.96. The number of aryl methyl sites for hydroxylation is 1. The first-order chi connectivity index (χ1) is 17.4. The van der Waals surface area contributed by atoms with Crippen LogP contribution in [-0.4, -0.2) is 38.2 Å². The van der Waals surface area contributed by atoms with Crippen LogP contribution in [0.15, 0.2) is 84.6 Å². The molecule has 3 aromatic carbocycles. The van der Waals surface area contributed by atoms with E-state index in [2.05, 4.69) is 15.3 Å². The van der Waals surface area contributed by atoms with E-state index in [1.165, 1.54) is 11.1 Å². The lowest BCUT2D eigenvalue weighted by Crippen LogP contribution is -2.60. The maximum Gasteiger partial charge on any atom is 0.300 e. The van der Waals surface area contributed by atoms with Crippen LogP contribution >= 0.6 is 0 Å². The summed E-state index contributed by atoms with van der Waals surface area (Å²) in [5.41, 5.74) is 1.60. The Morgan fingerprint density at radius 3 is 2.42 bits per heavy atom. The number of fused-ring (bicyclic) bond motifs is 4. The first-order valence-electron chi connectivity index (χ1n) is 11.4. The first kappa shape index (κ1) is 21.7. The fourth-order valence-electron chi connectivity index (χ4n) is 4.96. The summed E-state index contributed by atoms with van der Waals surface area (Å²) in [6.45, 7) is 1.89. The summed E-state index contributed by atoms with van der Waals surface area (Å²) in [6.07, 6.45) is 1.37. The zero-order chi connectivity index (χ0) is 25.0. The Labute approximate surface area is 205 Å². The van der Waals surface area contributed by atoms with Crippen LogP contribution < -0.4 is 10.2 Å². The van der Waals surface area contributed by atoms with Gasteiger partial charge in [0.15, 0.2) is 5.54 Å². The lowest BCUT2D eigenvalue weighted by atomic mass is 9.80. The van der Waals surface area contributed by atoms with E-state index < -0.39 is 28.9 Å². The van der Waals surface area contributed by atoms with Gasteiger partial charge in [0, 0.05) is 18.2 Å². The predicted octanol–water partition coefficient (Wildman–Crippen LogP) is 3.76. The van der Waals surface area contributed by atoms with Gasteiger partial charge >= 0.3 is 5.91 Å². The third-order valence-electron chi connectivity index (χ3n) is 6.69. The molecule has 0 aliphatic carbocycles. The highest BCUT2D eigenvalue weighted by molar-refractivity contribution is 6.55. The molecule has 1 fully saturated rings. The second-order valence-corrected chi connectivity index (χ2v) is 8.92. The molecule has 1 aromatic heterocycles. The molecule has 2 aliphatic heterocycles. The SMILES string of the molecule is Cc1ccc(/C(O)=C2\C(=O)C(=O)N3c4ccccc4NC(=O)C23Cc2cnc3ccccc3n2)cc1. The van der Waals surface area contributed by atoms with Crippen molar-refractivity contribution in [3.05, 3.63) is 101 Å². The third-order valence-corrected chi connectivity index (χ3v) is 6.69. The van der Waals surface area contributed by atoms with E-state index in [1.807, 2.05) is 25.1 Å². The van der Waals surface area contributed by atoms with Crippen LogP contribution in [0.2, 0.25) is 0 Å². The van der Waals surface area contributed by atoms with Crippen LogP contribution in [-0.2, 0) is 20.8 Å². The highest BCUT2D eigenvalue weighted by Gasteiger charge is 2.64. The van der Waals surface area contributed by atoms with Crippen LogP contribution in [0.4, 0.5) is 11.4 Å². The minimum Gasteiger partial charge on any atom is -0.507 e. The molecule has 0 spiro atoms. The van der Waals surface area contributed by atoms with Crippen molar-refractivity contribution >= 4 is 45.8 Å². The molecule has 1 saturated heterocycles. The molecule has 36 heavy (non-hydrogen) atoms. The number of rotatable bonds is 3. The van der Waals surface area contributed by atoms with Crippen LogP contribution in [0.5, 0.6) is 0 Å². The molecule has 4 aromatic rings. The van der Waals surface area contributed by atoms with E-state index in [4.69, 9.17) is 0 Å². The van der Waals surface area contributed by atoms with Crippen molar-refractivity contribution in [2.75, 3.05) is 10.2 Å². The second-order valence-electron chi connectivity index (χ2n) is 8.92. The lowest BCUT2D eigenvalue weighted by Gasteiger charge is -2.41. The number of anilines is 2. The highest BCUT2D eigenvalue weighted by atomic mass is 16.3. The number of carbonyl (C=O) groups is 3. The molecular weight excluding hydrogens is 456 g/mol. The minimum atomic E-state index is -1.85. The summed E-state index contributed by atoms with van der Waals surface area (Å²) >= 11 is 0. The van der Waals surface area contributed by atoms with Gasteiger partial charge in [-0.2, -0.15) is 0 Å². The number of Topliss-reactive ketones (excluding diaryl/α,β-unsaturated/α-hetero) is 1. The fraction of sp³-hybridized carbons (Fsp3) is 0.107. The molecule has 6 rings (SSSR count). The number of aliphatic hydroxyl groups excluding tert-OH is 1. The van der Waals surface area contributed by atoms with Gasteiger partial charge in [0.1, 0.15) is 5.76 Å². The second kappa shape index (κ2) is 7.84. The van der Waals surface area contributed by atoms with Crippen molar-refractivity contribution in [2.24, 2.45) is 0 Å². The smallest absolute Gasteiger partial charge is 0.300 e. The Hall–Kier alpha value is -4.85. The maximum atomic E-state index is 13.9. The minimum absolute atomic E-state index is 0.159. The summed E-state index contributed by atoms with van der Waals surface area (Å²) in [7, 11) is 0. The monoisotopic (exact) mass is 476 g/mol. The van der Waals surface area contributed by atoms with Gasteiger partial charge in [-0.1, -0.05) is 54.1 Å². The van der Waals surface area contributed by atoms with Gasteiger partial charge < -0.3 is 10.4 Å². The number of nitrogens with one attached hydrogen (secondary N) is 1. The van der Waals surface area contributed by atoms with E-state index in [1.54, 1.807) is 54.6 Å². The summed E-state index contributed by atoms with van der Waals surface area (Å²) in [6, 6.07) is 20.9. The zero-order valence-corrected chi connectivity index (χ0v) is 19.2. The normalized spacial score (nSPS) is 20.2. The first-order valence-corrected chi connectivity index (χ1v) is 11.4. The molecular formula is C28H20N4O4. The number of hydrogen-bond acceptors (Lipinski definition) is 6. The molecule has 0 saturated carbocycles. The van der Waals surface area contributed by atoms with Gasteiger partial charge in [-0.05, 0) is 31.2 Å². The molecule has 8 heteroatoms. The quantitative estimate of drug-likeness (QED) is 0.265. The molecule has 2 aliphatic rings. The Bertz CT molecular complexity index is 1630. The summed E-state index contributed by atoms with van der Waals surface area (Å²) in [4.78, 5) is 51.1. The number of ketones is 1. The van der Waals surface area contributed by atoms with Gasteiger partial charge in [-0.15, -0.1) is 0 Å². The van der Waals surface area contributed by atoms with Crippen LogP contribution in [0.25, 0.3) is 16.8 Å². The topological polar surface area (TPSA) is 112 Å². The maximum absolute atomic E-state index is 13.9. The molecule has 0 radical (unpaired) electrons. The summed E-state index contributed by atoms with van der Waals surface area (Å²) in [5.74, 6) is -2.85. The highest BCUT2D eigenvalue weighted by Crippen LogP contribution is 2.48. The molecule has 3 heterocycles. The molecule has 1 unspecified atom stereocenters. The number of carbonyl (C=O) groups excluding carboxylic acids is 3. The summed E-state index contributed by atoms with van der Waals surface area (Å²) < 4.78 is 0. The average molecular weight is 476 g/mol. The number of benzene rings is 3. The van der Waals surface area contributed by atoms with E-state index in [9.17, 15) is 19.5 Å². The van der Waals surface area contributed by atoms with Crippen molar-refractivity contribution in [3.8, 4) is 0 Å². The standard InChI is InChI=1S/C28H20N4O4/c1-16-10-12-17(13-11-16)24(33)23-25(34)26(35)32-22-9-5-4-8-21(22)31-27(36)28(23,32)14-18-15-29-19-6-2-3-7-20(19)30-18/h2-13,15,33H,14H2,1H3,(H,31,36)/b24-23-.